The number of hydrogen-bond acceptors (Lipinski definition) is 8. The van der Waals surface area contributed by atoms with E-state index >= 15 is 0 Å². The molecule has 220 valence electrons. The van der Waals surface area contributed by atoms with Crippen molar-refractivity contribution < 1.29 is 24.8 Å². The molecule has 0 unspecified atom stereocenters. The molecule has 0 amide bonds. The standard InChI is InChI=1S/C33H43N3O5/c1-20(2)7-10-25-26(37)14-22(16-28(25)40-19-24(36-34)18-35-6)9-8-21-13-23-17-29-32(3,4)30(39)11-12-33(29,5)41-31(23)27(38)15-21/h7-9,13-16,18,29-30,34-35,37-39H,10-12,17,19H2,1-6H3/b9-8+,24-18-,36-34?/t29-,30-,33-/m1/s1. The summed E-state index contributed by atoms with van der Waals surface area (Å²) in [7, 11) is 1.73. The highest BCUT2D eigenvalue weighted by atomic mass is 16.5. The first kappa shape index (κ1) is 30.2. The van der Waals surface area contributed by atoms with Gasteiger partial charge in [0.2, 0.25) is 0 Å². The zero-order valence-electron chi connectivity index (χ0n) is 24.9. The van der Waals surface area contributed by atoms with Gasteiger partial charge in [0.15, 0.2) is 11.5 Å². The molecule has 3 atom stereocenters. The van der Waals surface area contributed by atoms with Crippen LogP contribution >= 0.6 is 0 Å². The van der Waals surface area contributed by atoms with Gasteiger partial charge in [0.05, 0.1) is 6.10 Å². The molecular weight excluding hydrogens is 518 g/mol. The van der Waals surface area contributed by atoms with E-state index in [1.165, 1.54) is 0 Å². The smallest absolute Gasteiger partial charge is 0.164 e. The highest BCUT2D eigenvalue weighted by Crippen LogP contribution is 2.54. The molecule has 1 heterocycles. The first-order valence-corrected chi connectivity index (χ1v) is 14.1. The fourth-order valence-corrected chi connectivity index (χ4v) is 6.11. The minimum Gasteiger partial charge on any atom is -0.507 e. The summed E-state index contributed by atoms with van der Waals surface area (Å²) in [5, 5.41) is 38.9. The molecule has 5 N–H and O–H groups in total. The Kier molecular flexibility index (Phi) is 8.83. The Morgan fingerprint density at radius 2 is 1.80 bits per heavy atom. The number of aliphatic hydroxyl groups excluding tert-OH is 1. The van der Waals surface area contributed by atoms with Crippen LogP contribution < -0.4 is 14.8 Å². The molecule has 1 fully saturated rings. The van der Waals surface area contributed by atoms with E-state index in [9.17, 15) is 15.3 Å². The van der Waals surface area contributed by atoms with Crippen molar-refractivity contribution in [2.45, 2.75) is 72.0 Å². The molecule has 1 aliphatic carbocycles. The Morgan fingerprint density at radius 3 is 2.46 bits per heavy atom. The second-order valence-electron chi connectivity index (χ2n) is 12.2. The number of aliphatic hydroxyl groups is 1. The van der Waals surface area contributed by atoms with E-state index in [1.54, 1.807) is 25.4 Å². The lowest BCUT2D eigenvalue weighted by atomic mass is 9.57. The van der Waals surface area contributed by atoms with Crippen LogP contribution in [0.5, 0.6) is 23.0 Å². The van der Waals surface area contributed by atoms with Crippen LogP contribution in [0.15, 0.2) is 52.9 Å². The van der Waals surface area contributed by atoms with E-state index < -0.39 is 11.7 Å². The van der Waals surface area contributed by atoms with Gasteiger partial charge < -0.3 is 30.1 Å². The number of allylic oxidation sites excluding steroid dienone is 2. The number of nitrogens with one attached hydrogen (secondary N) is 2. The van der Waals surface area contributed by atoms with E-state index in [0.717, 1.165) is 28.7 Å². The predicted molar refractivity (Wildman–Crippen MR) is 161 cm³/mol. The van der Waals surface area contributed by atoms with Crippen molar-refractivity contribution in [1.29, 1.82) is 5.53 Å². The second kappa shape index (κ2) is 12.0. The molecule has 8 heteroatoms. The van der Waals surface area contributed by atoms with E-state index in [1.807, 2.05) is 44.2 Å². The summed E-state index contributed by atoms with van der Waals surface area (Å²) < 4.78 is 12.5. The number of ether oxygens (including phenoxy) is 2. The van der Waals surface area contributed by atoms with Crippen molar-refractivity contribution in [3.63, 3.8) is 0 Å². The lowest BCUT2D eigenvalue weighted by Crippen LogP contribution is -2.58. The minimum absolute atomic E-state index is 0.0720. The maximum Gasteiger partial charge on any atom is 0.164 e. The summed E-state index contributed by atoms with van der Waals surface area (Å²) in [5.41, 5.74) is 11.2. The van der Waals surface area contributed by atoms with Gasteiger partial charge in [-0.15, -0.1) is 0 Å². The molecule has 0 radical (unpaired) electrons. The Morgan fingerprint density at radius 1 is 1.12 bits per heavy atom. The SMILES string of the molecule is CN/C=C(/COc1cc(/C=C/c2cc(O)c3c(c2)C[C@@H]2C(C)(C)[C@H](O)CC[C@@]2(C)O3)cc(O)c1CC=C(C)C)N=N. The first-order valence-electron chi connectivity index (χ1n) is 14.1. The monoisotopic (exact) mass is 561 g/mol. The Labute approximate surface area is 242 Å². The summed E-state index contributed by atoms with van der Waals surface area (Å²) in [6, 6.07) is 7.25. The van der Waals surface area contributed by atoms with Gasteiger partial charge >= 0.3 is 0 Å². The normalized spacial score (nSPS) is 23.2. The van der Waals surface area contributed by atoms with Gasteiger partial charge in [0.25, 0.3) is 0 Å². The van der Waals surface area contributed by atoms with Crippen molar-refractivity contribution in [1.82, 2.24) is 5.32 Å². The molecule has 0 bridgehead atoms. The topological polar surface area (TPSA) is 127 Å². The highest BCUT2D eigenvalue weighted by Gasteiger charge is 2.54. The van der Waals surface area contributed by atoms with Crippen LogP contribution in [0, 0.1) is 16.9 Å². The van der Waals surface area contributed by atoms with E-state index in [2.05, 4.69) is 31.2 Å². The van der Waals surface area contributed by atoms with Crippen molar-refractivity contribution in [2.75, 3.05) is 13.7 Å². The van der Waals surface area contributed by atoms with Crippen molar-refractivity contribution in [3.8, 4) is 23.0 Å². The molecule has 2 aromatic carbocycles. The predicted octanol–water partition coefficient (Wildman–Crippen LogP) is 6.74. The first-order chi connectivity index (χ1) is 19.4. The fraction of sp³-hybridized carbons (Fsp3) is 0.455. The number of phenols is 2. The summed E-state index contributed by atoms with van der Waals surface area (Å²) >= 11 is 0. The van der Waals surface area contributed by atoms with Gasteiger partial charge in [-0.25, -0.2) is 5.53 Å². The number of rotatable bonds is 9. The summed E-state index contributed by atoms with van der Waals surface area (Å²) in [4.78, 5) is 0. The average molecular weight is 562 g/mol. The average Bonchev–Trinajstić information content (AvgIpc) is 2.91. The van der Waals surface area contributed by atoms with Gasteiger partial charge in [-0.1, -0.05) is 37.6 Å². The molecule has 4 rings (SSSR count). The Balaban J connectivity index is 1.64. The van der Waals surface area contributed by atoms with Crippen LogP contribution in [0.3, 0.4) is 0 Å². The number of benzene rings is 2. The van der Waals surface area contributed by atoms with Crippen molar-refractivity contribution >= 4 is 12.2 Å². The van der Waals surface area contributed by atoms with Gasteiger partial charge in [-0.3, -0.25) is 0 Å². The maximum atomic E-state index is 10.9. The number of fused-ring (bicyclic) bond motifs is 2. The van der Waals surface area contributed by atoms with Crippen LogP contribution in [-0.4, -0.2) is 40.7 Å². The van der Waals surface area contributed by atoms with Crippen molar-refractivity contribution in [2.24, 2.45) is 16.4 Å². The third-order valence-electron chi connectivity index (χ3n) is 8.56. The van der Waals surface area contributed by atoms with Gasteiger partial charge in [-0.05, 0) is 92.8 Å². The number of phenolic OH excluding ortho intramolecular Hbond substituents is 2. The molecular formula is C33H43N3O5. The minimum atomic E-state index is -0.443. The number of aromatic hydroxyl groups is 2. The number of hydrogen-bond donors (Lipinski definition) is 5. The molecule has 1 saturated carbocycles. The number of nitrogens with zero attached hydrogens (tertiary/aromatic N) is 1. The Hall–Kier alpha value is -3.78. The fourth-order valence-electron chi connectivity index (χ4n) is 6.11. The van der Waals surface area contributed by atoms with Gasteiger partial charge in [0, 0.05) is 24.7 Å². The lowest BCUT2D eigenvalue weighted by Gasteiger charge is -2.55. The molecule has 41 heavy (non-hydrogen) atoms. The molecule has 2 aromatic rings. The van der Waals surface area contributed by atoms with Crippen LogP contribution in [0.2, 0.25) is 0 Å². The lowest BCUT2D eigenvalue weighted by molar-refractivity contribution is -0.138. The summed E-state index contributed by atoms with van der Waals surface area (Å²) in [6.07, 6.45) is 9.57. The van der Waals surface area contributed by atoms with Crippen LogP contribution in [0.25, 0.3) is 12.2 Å². The van der Waals surface area contributed by atoms with E-state index in [0.29, 0.717) is 42.0 Å². The quantitative estimate of drug-likeness (QED) is 0.131. The molecule has 1 aliphatic heterocycles. The zero-order valence-corrected chi connectivity index (χ0v) is 24.9. The molecule has 0 saturated heterocycles. The highest BCUT2D eigenvalue weighted by molar-refractivity contribution is 5.73. The maximum absolute atomic E-state index is 10.9. The molecule has 0 spiro atoms. The zero-order chi connectivity index (χ0) is 29.9. The largest absolute Gasteiger partial charge is 0.507 e. The van der Waals surface area contributed by atoms with Crippen LogP contribution in [0.4, 0.5) is 0 Å². The third-order valence-corrected chi connectivity index (χ3v) is 8.56. The van der Waals surface area contributed by atoms with E-state index in [-0.39, 0.29) is 29.4 Å². The second-order valence-corrected chi connectivity index (χ2v) is 12.2. The Bertz CT molecular complexity index is 1390. The molecule has 0 aromatic heterocycles. The van der Waals surface area contributed by atoms with E-state index in [4.69, 9.17) is 15.0 Å². The van der Waals surface area contributed by atoms with Gasteiger partial charge in [-0.2, -0.15) is 5.11 Å². The van der Waals surface area contributed by atoms with Crippen molar-refractivity contribution in [3.05, 3.63) is 70.1 Å². The van der Waals surface area contributed by atoms with Gasteiger partial charge in [0.1, 0.15) is 29.4 Å². The third kappa shape index (κ3) is 6.43. The van der Waals surface area contributed by atoms with Crippen LogP contribution in [-0.2, 0) is 12.8 Å². The van der Waals surface area contributed by atoms with Crippen LogP contribution in [0.1, 0.15) is 69.7 Å². The molecule has 8 nitrogen and oxygen atoms in total. The summed E-state index contributed by atoms with van der Waals surface area (Å²) in [5.74, 6) is 1.34. The molecule has 2 aliphatic rings. The summed E-state index contributed by atoms with van der Waals surface area (Å²) in [6.45, 7) is 10.4.